The molecule has 0 aliphatic carbocycles. The largest absolute Gasteiger partial charge is 0.396 e. The Kier molecular flexibility index (Phi) is 5.37. The highest BCUT2D eigenvalue weighted by atomic mass is 16.3. The van der Waals surface area contributed by atoms with Crippen molar-refractivity contribution in [2.75, 3.05) is 6.61 Å². The quantitative estimate of drug-likeness (QED) is 0.750. The molecule has 0 unspecified atom stereocenters. The van der Waals surface area contributed by atoms with Crippen LogP contribution in [-0.4, -0.2) is 22.9 Å². The number of aliphatic hydroxyl groups excluding tert-OH is 2. The molecule has 0 heterocycles. The van der Waals surface area contributed by atoms with Crippen LogP contribution in [0.1, 0.15) is 25.3 Å². The molecule has 1 rings (SSSR count). The van der Waals surface area contributed by atoms with Crippen LogP contribution in [0.5, 0.6) is 0 Å². The molecule has 0 amide bonds. The van der Waals surface area contributed by atoms with Crippen LogP contribution in [0.3, 0.4) is 0 Å². The van der Waals surface area contributed by atoms with Crippen LogP contribution in [-0.2, 0) is 6.42 Å². The summed E-state index contributed by atoms with van der Waals surface area (Å²) in [6, 6.07) is 10.1. The van der Waals surface area contributed by atoms with Gasteiger partial charge in [0.15, 0.2) is 0 Å². The molecular formula is C13H20O2. The fourth-order valence-electron chi connectivity index (χ4n) is 1.72. The van der Waals surface area contributed by atoms with Gasteiger partial charge in [-0.2, -0.15) is 0 Å². The van der Waals surface area contributed by atoms with Crippen molar-refractivity contribution in [2.45, 2.75) is 32.3 Å². The van der Waals surface area contributed by atoms with Crippen molar-refractivity contribution in [1.29, 1.82) is 0 Å². The molecule has 84 valence electrons. The van der Waals surface area contributed by atoms with Gasteiger partial charge in [-0.3, -0.25) is 0 Å². The van der Waals surface area contributed by atoms with E-state index in [2.05, 4.69) is 12.1 Å². The maximum atomic E-state index is 9.81. The zero-order valence-corrected chi connectivity index (χ0v) is 9.26. The van der Waals surface area contributed by atoms with Gasteiger partial charge in [0.05, 0.1) is 6.10 Å². The Hall–Kier alpha value is -0.860. The zero-order chi connectivity index (χ0) is 11.1. The molecule has 0 bridgehead atoms. The van der Waals surface area contributed by atoms with E-state index in [9.17, 15) is 5.11 Å². The van der Waals surface area contributed by atoms with Crippen molar-refractivity contribution in [1.82, 2.24) is 0 Å². The van der Waals surface area contributed by atoms with Gasteiger partial charge in [-0.15, -0.1) is 0 Å². The number of aliphatic hydroxyl groups is 2. The maximum Gasteiger partial charge on any atom is 0.0593 e. The lowest BCUT2D eigenvalue weighted by Crippen LogP contribution is -2.23. The molecule has 0 aliphatic rings. The van der Waals surface area contributed by atoms with Gasteiger partial charge >= 0.3 is 0 Å². The van der Waals surface area contributed by atoms with Crippen LogP contribution in [0.2, 0.25) is 0 Å². The summed E-state index contributed by atoms with van der Waals surface area (Å²) < 4.78 is 0. The topological polar surface area (TPSA) is 40.5 Å². The van der Waals surface area contributed by atoms with Crippen molar-refractivity contribution in [3.63, 3.8) is 0 Å². The van der Waals surface area contributed by atoms with Gasteiger partial charge in [-0.1, -0.05) is 37.3 Å². The van der Waals surface area contributed by atoms with E-state index >= 15 is 0 Å². The third kappa shape index (κ3) is 4.02. The lowest BCUT2D eigenvalue weighted by atomic mass is 9.95. The fourth-order valence-corrected chi connectivity index (χ4v) is 1.72. The molecule has 2 atom stereocenters. The molecule has 2 N–H and O–H groups in total. The van der Waals surface area contributed by atoms with Crippen molar-refractivity contribution in [2.24, 2.45) is 5.92 Å². The lowest BCUT2D eigenvalue weighted by molar-refractivity contribution is 0.0591. The van der Waals surface area contributed by atoms with Crippen molar-refractivity contribution < 1.29 is 10.2 Å². The number of hydrogen-bond acceptors (Lipinski definition) is 2. The molecule has 0 fully saturated rings. The highest BCUT2D eigenvalue weighted by molar-refractivity contribution is 5.14. The molecule has 0 spiro atoms. The first-order chi connectivity index (χ1) is 7.27. The average molecular weight is 208 g/mol. The zero-order valence-electron chi connectivity index (χ0n) is 9.26. The number of aryl methyl sites for hydroxylation is 1. The maximum absolute atomic E-state index is 9.81. The number of benzene rings is 1. The van der Waals surface area contributed by atoms with E-state index in [1.807, 2.05) is 25.1 Å². The Balaban J connectivity index is 2.36. The SMILES string of the molecule is CC[C@H](CO)[C@@H](O)CCc1ccccc1. The molecule has 0 saturated carbocycles. The van der Waals surface area contributed by atoms with Crippen LogP contribution in [0, 0.1) is 5.92 Å². The molecule has 1 aromatic carbocycles. The number of rotatable bonds is 6. The average Bonchev–Trinajstić information content (AvgIpc) is 2.29. The number of hydrogen-bond donors (Lipinski definition) is 2. The Morgan fingerprint density at radius 1 is 1.20 bits per heavy atom. The predicted molar refractivity (Wildman–Crippen MR) is 61.6 cm³/mol. The van der Waals surface area contributed by atoms with E-state index in [0.29, 0.717) is 0 Å². The van der Waals surface area contributed by atoms with Crippen LogP contribution in [0.15, 0.2) is 30.3 Å². The predicted octanol–water partition coefficient (Wildman–Crippen LogP) is 2.00. The van der Waals surface area contributed by atoms with Gasteiger partial charge < -0.3 is 10.2 Å². The van der Waals surface area contributed by atoms with Crippen LogP contribution in [0.25, 0.3) is 0 Å². The molecule has 0 saturated heterocycles. The van der Waals surface area contributed by atoms with Crippen LogP contribution in [0.4, 0.5) is 0 Å². The minimum absolute atomic E-state index is 0.0220. The third-order valence-electron chi connectivity index (χ3n) is 2.87. The van der Waals surface area contributed by atoms with Crippen LogP contribution < -0.4 is 0 Å². The summed E-state index contributed by atoms with van der Waals surface area (Å²) >= 11 is 0. The smallest absolute Gasteiger partial charge is 0.0593 e. The first kappa shape index (κ1) is 12.2. The van der Waals surface area contributed by atoms with Crippen LogP contribution >= 0.6 is 0 Å². The Morgan fingerprint density at radius 3 is 2.40 bits per heavy atom. The summed E-state index contributed by atoms with van der Waals surface area (Å²) in [4.78, 5) is 0. The summed E-state index contributed by atoms with van der Waals surface area (Å²) in [5, 5.41) is 18.8. The van der Waals surface area contributed by atoms with Gasteiger partial charge in [-0.25, -0.2) is 0 Å². The summed E-state index contributed by atoms with van der Waals surface area (Å²) in [5.74, 6) is 0.0220. The summed E-state index contributed by atoms with van der Waals surface area (Å²) in [6.45, 7) is 2.07. The second kappa shape index (κ2) is 6.59. The normalized spacial score (nSPS) is 14.9. The third-order valence-corrected chi connectivity index (χ3v) is 2.87. The first-order valence-electron chi connectivity index (χ1n) is 5.60. The minimum atomic E-state index is -0.389. The fraction of sp³-hybridized carbons (Fsp3) is 0.538. The molecular weight excluding hydrogens is 188 g/mol. The van der Waals surface area contributed by atoms with Gasteiger partial charge in [0, 0.05) is 12.5 Å². The van der Waals surface area contributed by atoms with Gasteiger partial charge in [-0.05, 0) is 24.8 Å². The van der Waals surface area contributed by atoms with E-state index < -0.39 is 0 Å². The van der Waals surface area contributed by atoms with Crippen molar-refractivity contribution in [3.05, 3.63) is 35.9 Å². The summed E-state index contributed by atoms with van der Waals surface area (Å²) in [6.07, 6.45) is 2.04. The summed E-state index contributed by atoms with van der Waals surface area (Å²) in [5.41, 5.74) is 1.24. The van der Waals surface area contributed by atoms with E-state index in [4.69, 9.17) is 5.11 Å². The Labute approximate surface area is 91.6 Å². The van der Waals surface area contributed by atoms with E-state index in [-0.39, 0.29) is 18.6 Å². The second-order valence-electron chi connectivity index (χ2n) is 3.94. The molecule has 0 radical (unpaired) electrons. The monoisotopic (exact) mass is 208 g/mol. The van der Waals surface area contributed by atoms with Gasteiger partial charge in [0.2, 0.25) is 0 Å². The molecule has 0 aliphatic heterocycles. The van der Waals surface area contributed by atoms with E-state index in [0.717, 1.165) is 19.3 Å². The summed E-state index contributed by atoms with van der Waals surface area (Å²) in [7, 11) is 0. The lowest BCUT2D eigenvalue weighted by Gasteiger charge is -2.19. The van der Waals surface area contributed by atoms with Gasteiger partial charge in [0.25, 0.3) is 0 Å². The van der Waals surface area contributed by atoms with Gasteiger partial charge in [0.1, 0.15) is 0 Å². The highest BCUT2D eigenvalue weighted by Gasteiger charge is 2.15. The standard InChI is InChI=1S/C13H20O2/c1-2-12(10-14)13(15)9-8-11-6-4-3-5-7-11/h3-7,12-15H,2,8-10H2,1H3/t12-,13+/m1/s1. The van der Waals surface area contributed by atoms with E-state index in [1.165, 1.54) is 5.56 Å². The molecule has 0 aromatic heterocycles. The molecule has 1 aromatic rings. The van der Waals surface area contributed by atoms with Crippen molar-refractivity contribution in [3.8, 4) is 0 Å². The first-order valence-corrected chi connectivity index (χ1v) is 5.60. The minimum Gasteiger partial charge on any atom is -0.396 e. The van der Waals surface area contributed by atoms with Crippen molar-refractivity contribution >= 4 is 0 Å². The molecule has 15 heavy (non-hydrogen) atoms. The Bertz CT molecular complexity index is 254. The second-order valence-corrected chi connectivity index (χ2v) is 3.94. The van der Waals surface area contributed by atoms with E-state index in [1.54, 1.807) is 0 Å². The Morgan fingerprint density at radius 2 is 1.87 bits per heavy atom. The highest BCUT2D eigenvalue weighted by Crippen LogP contribution is 2.14. The molecule has 2 nitrogen and oxygen atoms in total. The molecule has 2 heteroatoms.